The Morgan fingerprint density at radius 3 is 2.92 bits per heavy atom. The van der Waals surface area contributed by atoms with E-state index >= 15 is 0 Å². The normalized spacial score (nSPS) is 23.3. The molecule has 6 heteroatoms. The molecule has 0 amide bonds. The highest BCUT2D eigenvalue weighted by molar-refractivity contribution is 6.48. The van der Waals surface area contributed by atoms with Gasteiger partial charge in [-0.3, -0.25) is 0 Å². The molecular formula is C7H18O4Si2. The predicted octanol–water partition coefficient (Wildman–Crippen LogP) is -1.04. The minimum Gasteiger partial charge on any atom is -0.447 e. The standard InChI is InChI=1S/C7H18O4Si2/c1-8-13(11-12)4-2-3-9-5-7-6-10-7/h7,13H,2-6H2,1,12H3. The molecule has 1 heterocycles. The highest BCUT2D eigenvalue weighted by atomic mass is 28.3. The monoisotopic (exact) mass is 222 g/mol. The van der Waals surface area contributed by atoms with Gasteiger partial charge in [0.05, 0.1) is 13.2 Å². The first-order chi connectivity index (χ1) is 6.36. The number of epoxide rings is 1. The largest absolute Gasteiger partial charge is 0.447 e. The molecule has 78 valence electrons. The average molecular weight is 222 g/mol. The predicted molar refractivity (Wildman–Crippen MR) is 55.2 cm³/mol. The smallest absolute Gasteiger partial charge is 0.310 e. The third kappa shape index (κ3) is 5.55. The molecule has 13 heavy (non-hydrogen) atoms. The van der Waals surface area contributed by atoms with Crippen molar-refractivity contribution in [2.45, 2.75) is 18.6 Å². The molecule has 2 unspecified atom stereocenters. The fourth-order valence-corrected chi connectivity index (χ4v) is 3.51. The van der Waals surface area contributed by atoms with E-state index in [9.17, 15) is 0 Å². The lowest BCUT2D eigenvalue weighted by Crippen LogP contribution is -2.20. The molecule has 0 aromatic heterocycles. The van der Waals surface area contributed by atoms with Crippen molar-refractivity contribution >= 4 is 19.8 Å². The van der Waals surface area contributed by atoms with Crippen LogP contribution >= 0.6 is 0 Å². The van der Waals surface area contributed by atoms with Crippen LogP contribution in [-0.4, -0.2) is 52.8 Å². The fourth-order valence-electron chi connectivity index (χ4n) is 1.06. The summed E-state index contributed by atoms with van der Waals surface area (Å²) in [7, 11) is 1.22. The van der Waals surface area contributed by atoms with Gasteiger partial charge in [0.1, 0.15) is 16.6 Å². The lowest BCUT2D eigenvalue weighted by atomic mass is 10.5. The fraction of sp³-hybridized carbons (Fsp3) is 1.00. The molecule has 1 aliphatic rings. The second kappa shape index (κ2) is 6.69. The number of rotatable bonds is 8. The van der Waals surface area contributed by atoms with E-state index in [1.54, 1.807) is 7.11 Å². The van der Waals surface area contributed by atoms with Gasteiger partial charge in [-0.15, -0.1) is 0 Å². The summed E-state index contributed by atoms with van der Waals surface area (Å²) in [6.07, 6.45) is 1.42. The van der Waals surface area contributed by atoms with Crippen LogP contribution in [0, 0.1) is 0 Å². The SMILES string of the molecule is CO[SiH](CCCOCC1CO1)O[SiH3]. The first-order valence-electron chi connectivity index (χ1n) is 4.61. The molecule has 1 saturated heterocycles. The summed E-state index contributed by atoms with van der Waals surface area (Å²) in [5.41, 5.74) is 0. The van der Waals surface area contributed by atoms with E-state index in [4.69, 9.17) is 18.0 Å². The molecule has 1 rings (SSSR count). The Balaban J connectivity index is 1.81. The van der Waals surface area contributed by atoms with Crippen LogP contribution in [-0.2, 0) is 18.0 Å². The molecule has 0 radical (unpaired) electrons. The topological polar surface area (TPSA) is 40.2 Å². The summed E-state index contributed by atoms with van der Waals surface area (Å²) in [4.78, 5) is 0. The van der Waals surface area contributed by atoms with E-state index in [0.717, 1.165) is 42.8 Å². The number of ether oxygens (including phenoxy) is 2. The maximum Gasteiger partial charge on any atom is 0.310 e. The Morgan fingerprint density at radius 2 is 2.38 bits per heavy atom. The third-order valence-corrected chi connectivity index (χ3v) is 5.47. The van der Waals surface area contributed by atoms with Crippen LogP contribution in [0.4, 0.5) is 0 Å². The van der Waals surface area contributed by atoms with E-state index in [-0.39, 0.29) is 0 Å². The van der Waals surface area contributed by atoms with E-state index in [1.165, 1.54) is 0 Å². The zero-order chi connectivity index (χ0) is 9.52. The van der Waals surface area contributed by atoms with Crippen LogP contribution in [0.5, 0.6) is 0 Å². The summed E-state index contributed by atoms with van der Waals surface area (Å²) in [5, 5.41) is 0. The molecule has 0 bridgehead atoms. The van der Waals surface area contributed by atoms with Gasteiger partial charge in [0.2, 0.25) is 0 Å². The van der Waals surface area contributed by atoms with Gasteiger partial charge in [-0.1, -0.05) is 0 Å². The molecule has 4 nitrogen and oxygen atoms in total. The molecule has 0 aliphatic carbocycles. The van der Waals surface area contributed by atoms with Crippen LogP contribution in [0.15, 0.2) is 0 Å². The summed E-state index contributed by atoms with van der Waals surface area (Å²) < 4.78 is 20.9. The lowest BCUT2D eigenvalue weighted by molar-refractivity contribution is 0.116. The molecular weight excluding hydrogens is 204 g/mol. The molecule has 0 N–H and O–H groups in total. The minimum absolute atomic E-state index is 0.380. The maximum absolute atomic E-state index is 5.39. The van der Waals surface area contributed by atoms with Crippen LogP contribution < -0.4 is 0 Å². The van der Waals surface area contributed by atoms with Gasteiger partial charge in [0.25, 0.3) is 0 Å². The molecule has 0 saturated carbocycles. The average Bonchev–Trinajstić information content (AvgIpc) is 2.95. The second-order valence-electron chi connectivity index (χ2n) is 3.07. The number of hydrogen-bond donors (Lipinski definition) is 0. The van der Waals surface area contributed by atoms with E-state index < -0.39 is 9.28 Å². The van der Waals surface area contributed by atoms with Gasteiger partial charge < -0.3 is 18.0 Å². The van der Waals surface area contributed by atoms with Crippen molar-refractivity contribution in [3.8, 4) is 0 Å². The van der Waals surface area contributed by atoms with E-state index in [0.29, 0.717) is 6.10 Å². The molecule has 0 aromatic rings. The van der Waals surface area contributed by atoms with Crippen molar-refractivity contribution in [3.05, 3.63) is 0 Å². The summed E-state index contributed by atoms with van der Waals surface area (Å²) in [6, 6.07) is 1.05. The third-order valence-electron chi connectivity index (χ3n) is 1.96. The number of hydrogen-bond acceptors (Lipinski definition) is 4. The Kier molecular flexibility index (Phi) is 5.84. The van der Waals surface area contributed by atoms with Crippen molar-refractivity contribution in [2.75, 3.05) is 26.9 Å². The Morgan fingerprint density at radius 1 is 1.62 bits per heavy atom. The molecule has 1 fully saturated rings. The Labute approximate surface area is 83.9 Å². The Bertz CT molecular complexity index is 128. The van der Waals surface area contributed by atoms with Crippen LogP contribution in [0.25, 0.3) is 0 Å². The highest BCUT2D eigenvalue weighted by Crippen LogP contribution is 2.09. The first kappa shape index (κ1) is 11.3. The molecule has 1 aliphatic heterocycles. The van der Waals surface area contributed by atoms with Crippen molar-refractivity contribution in [3.63, 3.8) is 0 Å². The van der Waals surface area contributed by atoms with Gasteiger partial charge in [-0.25, -0.2) is 0 Å². The van der Waals surface area contributed by atoms with Crippen molar-refractivity contribution in [1.82, 2.24) is 0 Å². The lowest BCUT2D eigenvalue weighted by Gasteiger charge is -2.10. The van der Waals surface area contributed by atoms with Gasteiger partial charge in [-0.2, -0.15) is 0 Å². The second-order valence-corrected chi connectivity index (χ2v) is 6.87. The van der Waals surface area contributed by atoms with Gasteiger partial charge >= 0.3 is 9.28 Å². The first-order valence-corrected chi connectivity index (χ1v) is 7.19. The molecule has 0 aromatic carbocycles. The van der Waals surface area contributed by atoms with Crippen LogP contribution in [0.1, 0.15) is 6.42 Å². The Hall–Kier alpha value is 0.274. The summed E-state index contributed by atoms with van der Waals surface area (Å²) >= 11 is 0. The van der Waals surface area contributed by atoms with Gasteiger partial charge in [0.15, 0.2) is 0 Å². The van der Waals surface area contributed by atoms with E-state index in [2.05, 4.69) is 0 Å². The van der Waals surface area contributed by atoms with Crippen LogP contribution in [0.2, 0.25) is 6.04 Å². The highest BCUT2D eigenvalue weighted by Gasteiger charge is 2.22. The molecule has 0 spiro atoms. The zero-order valence-electron chi connectivity index (χ0n) is 8.32. The van der Waals surface area contributed by atoms with Crippen molar-refractivity contribution in [1.29, 1.82) is 0 Å². The minimum atomic E-state index is -1.29. The van der Waals surface area contributed by atoms with Crippen molar-refractivity contribution < 1.29 is 18.0 Å². The zero-order valence-corrected chi connectivity index (χ0v) is 11.5. The summed E-state index contributed by atoms with van der Waals surface area (Å²) in [5.74, 6) is 0. The maximum atomic E-state index is 5.39. The van der Waals surface area contributed by atoms with E-state index in [1.807, 2.05) is 0 Å². The summed E-state index contributed by atoms with van der Waals surface area (Å²) in [6.45, 7) is 2.43. The molecule has 2 atom stereocenters. The van der Waals surface area contributed by atoms with Gasteiger partial charge in [0, 0.05) is 13.7 Å². The van der Waals surface area contributed by atoms with Crippen molar-refractivity contribution in [2.24, 2.45) is 0 Å². The van der Waals surface area contributed by atoms with Gasteiger partial charge in [-0.05, 0) is 12.5 Å². The quantitative estimate of drug-likeness (QED) is 0.299. The van der Waals surface area contributed by atoms with Crippen LogP contribution in [0.3, 0.4) is 0 Å².